The molecular formula is C31H27BrCl2N2O8. The van der Waals surface area contributed by atoms with Crippen LogP contribution in [-0.4, -0.2) is 68.8 Å². The average Bonchev–Trinajstić information content (AvgIpc) is 3.34. The van der Waals surface area contributed by atoms with Crippen molar-refractivity contribution in [2.45, 2.75) is 35.4 Å². The predicted octanol–water partition coefficient (Wildman–Crippen LogP) is 4.53. The quantitative estimate of drug-likeness (QED) is 0.153. The van der Waals surface area contributed by atoms with Crippen LogP contribution < -0.4 is 14.4 Å². The lowest BCUT2D eigenvalue weighted by Gasteiger charge is -2.51. The molecule has 4 amide bonds. The summed E-state index contributed by atoms with van der Waals surface area (Å²) in [5, 5.41) is 11.3. The molecule has 2 saturated heterocycles. The van der Waals surface area contributed by atoms with Gasteiger partial charge in [0.15, 0.2) is 15.5 Å². The van der Waals surface area contributed by atoms with Crippen molar-refractivity contribution in [3.05, 3.63) is 59.2 Å². The molecule has 0 bridgehead atoms. The van der Waals surface area contributed by atoms with E-state index in [1.54, 1.807) is 30.3 Å². The number of ketones is 1. The molecule has 44 heavy (non-hydrogen) atoms. The molecular weight excluding hydrogens is 679 g/mol. The number of hydrogen-bond acceptors (Lipinski definition) is 8. The van der Waals surface area contributed by atoms with E-state index >= 15 is 0 Å². The molecule has 2 aliphatic heterocycles. The largest absolute Gasteiger partial charge is 0.507 e. The first-order valence-electron chi connectivity index (χ1n) is 13.8. The molecule has 0 spiro atoms. The molecule has 2 aromatic carbocycles. The topological polar surface area (TPSA) is 131 Å². The fraction of sp³-hybridized carbons (Fsp3) is 0.387. The standard InChI is InChI=1S/C31H27BrCl2N2O8/c1-14(37)15-4-6-16(7-5-15)36-26(39)19-9-8-18-20(23(19)27(36)40)12-30(33)28(41)35(13-32)29(42)31(30,34)25(18)24-21(38)10-17(43-2)11-22(24)44-3/h4-8,10-11,19-20,23,25,38H,9,12-13H2,1-3H3/t19-,20+,23-,25+,30+,31-/m0/s1. The number of fused-ring (bicyclic) bond motifs is 4. The Morgan fingerprint density at radius 1 is 1.02 bits per heavy atom. The molecule has 230 valence electrons. The van der Waals surface area contributed by atoms with Gasteiger partial charge in [-0.3, -0.25) is 33.8 Å². The highest BCUT2D eigenvalue weighted by Crippen LogP contribution is 2.67. The Kier molecular flexibility index (Phi) is 7.37. The van der Waals surface area contributed by atoms with Crippen molar-refractivity contribution in [1.29, 1.82) is 0 Å². The summed E-state index contributed by atoms with van der Waals surface area (Å²) in [6, 6.07) is 9.04. The number of nitrogens with zero attached hydrogens (tertiary/aromatic N) is 2. The maximum absolute atomic E-state index is 14.2. The van der Waals surface area contributed by atoms with Crippen LogP contribution in [0.5, 0.6) is 17.2 Å². The number of carbonyl (C=O) groups excluding carboxylic acids is 5. The second kappa shape index (κ2) is 10.6. The van der Waals surface area contributed by atoms with Crippen molar-refractivity contribution in [3.8, 4) is 17.2 Å². The number of methoxy groups -OCH3 is 2. The number of amides is 4. The zero-order chi connectivity index (χ0) is 31.9. The molecule has 0 unspecified atom stereocenters. The van der Waals surface area contributed by atoms with E-state index in [2.05, 4.69) is 15.9 Å². The minimum absolute atomic E-state index is 0.105. The average molecular weight is 706 g/mol. The van der Waals surface area contributed by atoms with Crippen molar-refractivity contribution in [3.63, 3.8) is 0 Å². The van der Waals surface area contributed by atoms with Crippen molar-refractivity contribution in [2.75, 3.05) is 24.6 Å². The van der Waals surface area contributed by atoms with E-state index in [0.717, 1.165) is 9.80 Å². The lowest BCUT2D eigenvalue weighted by molar-refractivity contribution is -0.138. The highest BCUT2D eigenvalue weighted by molar-refractivity contribution is 9.09. The number of benzene rings is 2. The van der Waals surface area contributed by atoms with E-state index in [9.17, 15) is 29.1 Å². The zero-order valence-corrected chi connectivity index (χ0v) is 26.9. The third-order valence-electron chi connectivity index (χ3n) is 9.38. The lowest BCUT2D eigenvalue weighted by atomic mass is 9.56. The number of anilines is 1. The summed E-state index contributed by atoms with van der Waals surface area (Å²) < 4.78 is 10.9. The SMILES string of the molecule is COc1cc(O)c([C@H]2C3=CC[C@@H]4C(=O)N(c5ccc(C(C)=O)cc5)C(=O)[C@@H]4[C@@H]3C[C@@]3(Cl)C(=O)N(CBr)C(=O)[C@@]23Cl)c(OC)c1. The number of phenols is 1. The van der Waals surface area contributed by atoms with E-state index in [4.69, 9.17) is 32.7 Å². The van der Waals surface area contributed by atoms with Gasteiger partial charge in [0, 0.05) is 29.2 Å². The van der Waals surface area contributed by atoms with E-state index in [0.29, 0.717) is 16.8 Å². The minimum Gasteiger partial charge on any atom is -0.507 e. The predicted molar refractivity (Wildman–Crippen MR) is 163 cm³/mol. The Bertz CT molecular complexity index is 1680. The molecule has 10 nitrogen and oxygen atoms in total. The summed E-state index contributed by atoms with van der Waals surface area (Å²) >= 11 is 17.7. The number of hydrogen-bond donors (Lipinski definition) is 1. The molecule has 2 aliphatic carbocycles. The van der Waals surface area contributed by atoms with Gasteiger partial charge in [0.1, 0.15) is 17.2 Å². The van der Waals surface area contributed by atoms with E-state index in [1.807, 2.05) is 0 Å². The van der Waals surface area contributed by atoms with Crippen LogP contribution in [0.4, 0.5) is 5.69 Å². The number of imide groups is 2. The Morgan fingerprint density at radius 2 is 1.70 bits per heavy atom. The number of likely N-dealkylation sites (tertiary alicyclic amines) is 1. The summed E-state index contributed by atoms with van der Waals surface area (Å²) in [6.07, 6.45) is 1.71. The Morgan fingerprint density at radius 3 is 2.30 bits per heavy atom. The van der Waals surface area contributed by atoms with Gasteiger partial charge < -0.3 is 14.6 Å². The molecule has 1 N–H and O–H groups in total. The maximum Gasteiger partial charge on any atom is 0.254 e. The summed E-state index contributed by atoms with van der Waals surface area (Å²) in [7, 11) is 2.79. The first kappa shape index (κ1) is 30.6. The van der Waals surface area contributed by atoms with Crippen LogP contribution in [0.2, 0.25) is 0 Å². The molecule has 0 aromatic heterocycles. The summed E-state index contributed by atoms with van der Waals surface area (Å²) in [6.45, 7) is 1.42. The smallest absolute Gasteiger partial charge is 0.254 e. The second-order valence-electron chi connectivity index (χ2n) is 11.4. The fourth-order valence-electron chi connectivity index (χ4n) is 7.33. The van der Waals surface area contributed by atoms with Gasteiger partial charge in [0.05, 0.1) is 37.2 Å². The number of halogens is 3. The summed E-state index contributed by atoms with van der Waals surface area (Å²) in [4.78, 5) is 65.4. The summed E-state index contributed by atoms with van der Waals surface area (Å²) in [5.74, 6) is -6.19. The highest BCUT2D eigenvalue weighted by Gasteiger charge is 2.76. The lowest BCUT2D eigenvalue weighted by Crippen LogP contribution is -2.60. The van der Waals surface area contributed by atoms with Gasteiger partial charge in [-0.05, 0) is 49.9 Å². The number of Topliss-reactive ketones (excluding diaryl/α,β-unsaturated/α-hetero) is 1. The highest BCUT2D eigenvalue weighted by atomic mass is 79.9. The van der Waals surface area contributed by atoms with Crippen LogP contribution in [-0.2, 0) is 19.2 Å². The van der Waals surface area contributed by atoms with Crippen LogP contribution in [0.15, 0.2) is 48.0 Å². The third-order valence-corrected chi connectivity index (χ3v) is 11.3. The number of carbonyl (C=O) groups is 5. The third kappa shape index (κ3) is 3.94. The number of aromatic hydroxyl groups is 1. The van der Waals surface area contributed by atoms with Crippen LogP contribution in [0.3, 0.4) is 0 Å². The van der Waals surface area contributed by atoms with Crippen LogP contribution in [0.25, 0.3) is 0 Å². The first-order valence-corrected chi connectivity index (χ1v) is 15.7. The van der Waals surface area contributed by atoms with Crippen molar-refractivity contribution in [2.24, 2.45) is 17.8 Å². The van der Waals surface area contributed by atoms with E-state index in [1.165, 1.54) is 33.3 Å². The molecule has 6 atom stereocenters. The molecule has 1 saturated carbocycles. The molecule has 13 heteroatoms. The molecule has 2 aromatic rings. The summed E-state index contributed by atoms with van der Waals surface area (Å²) in [5.41, 5.74) is 1.18. The van der Waals surface area contributed by atoms with Gasteiger partial charge >= 0.3 is 0 Å². The van der Waals surface area contributed by atoms with Crippen LogP contribution >= 0.6 is 39.1 Å². The van der Waals surface area contributed by atoms with Gasteiger partial charge in [0.2, 0.25) is 11.8 Å². The number of ether oxygens (including phenoxy) is 2. The monoisotopic (exact) mass is 704 g/mol. The van der Waals surface area contributed by atoms with Gasteiger partial charge in [-0.2, -0.15) is 0 Å². The van der Waals surface area contributed by atoms with Crippen LogP contribution in [0, 0.1) is 17.8 Å². The van der Waals surface area contributed by atoms with Crippen molar-refractivity contribution < 1.29 is 38.6 Å². The number of rotatable bonds is 6. The number of allylic oxidation sites excluding steroid dienone is 2. The van der Waals surface area contributed by atoms with Gasteiger partial charge in [-0.1, -0.05) is 27.6 Å². The van der Waals surface area contributed by atoms with Gasteiger partial charge in [-0.15, -0.1) is 23.2 Å². The van der Waals surface area contributed by atoms with E-state index in [-0.39, 0.29) is 46.9 Å². The fourth-order valence-corrected chi connectivity index (χ4v) is 8.74. The Labute approximate surface area is 271 Å². The number of phenolic OH excluding ortho intramolecular Hbond substituents is 1. The molecule has 2 heterocycles. The van der Waals surface area contributed by atoms with Crippen molar-refractivity contribution >= 4 is 74.2 Å². The van der Waals surface area contributed by atoms with E-state index < -0.39 is 57.0 Å². The van der Waals surface area contributed by atoms with Crippen molar-refractivity contribution in [1.82, 2.24) is 4.90 Å². The normalized spacial score (nSPS) is 31.0. The van der Waals surface area contributed by atoms with Gasteiger partial charge in [0.25, 0.3) is 11.8 Å². The molecule has 4 aliphatic rings. The Balaban J connectivity index is 1.53. The molecule has 0 radical (unpaired) electrons. The molecule has 3 fully saturated rings. The Hall–Kier alpha value is -3.41. The zero-order valence-electron chi connectivity index (χ0n) is 23.8. The number of alkyl halides is 3. The maximum atomic E-state index is 14.2. The first-order chi connectivity index (χ1) is 20.8. The second-order valence-corrected chi connectivity index (χ2v) is 13.1. The van der Waals surface area contributed by atoms with Gasteiger partial charge in [-0.25, -0.2) is 0 Å². The molecule has 6 rings (SSSR count). The minimum atomic E-state index is -2.11. The van der Waals surface area contributed by atoms with Crippen LogP contribution in [0.1, 0.15) is 41.6 Å².